The van der Waals surface area contributed by atoms with Crippen molar-refractivity contribution in [2.24, 2.45) is 7.05 Å². The summed E-state index contributed by atoms with van der Waals surface area (Å²) in [7, 11) is 1.74. The minimum Gasteiger partial charge on any atom is -0.489 e. The smallest absolute Gasteiger partial charge is 0.355 e. The van der Waals surface area contributed by atoms with Gasteiger partial charge in [0.15, 0.2) is 6.10 Å². The molecule has 0 aliphatic carbocycles. The molecule has 144 valence electrons. The molecule has 6 heteroatoms. The van der Waals surface area contributed by atoms with Gasteiger partial charge in [-0.1, -0.05) is 30.3 Å². The number of nitrogens with zero attached hydrogens (tertiary/aromatic N) is 1. The van der Waals surface area contributed by atoms with E-state index in [-0.39, 0.29) is 0 Å². The van der Waals surface area contributed by atoms with E-state index in [1.165, 1.54) is 6.92 Å². The number of rotatable bonds is 7. The lowest BCUT2D eigenvalue weighted by molar-refractivity contribution is -0.123. The Morgan fingerprint density at radius 2 is 1.71 bits per heavy atom. The first kappa shape index (κ1) is 19.2. The topological polar surface area (TPSA) is 69.6 Å². The van der Waals surface area contributed by atoms with E-state index in [1.807, 2.05) is 30.3 Å². The highest BCUT2D eigenvalue weighted by Crippen LogP contribution is 2.17. The number of carbonyl (C=O) groups is 2. The second-order valence-corrected chi connectivity index (χ2v) is 6.34. The summed E-state index contributed by atoms with van der Waals surface area (Å²) in [5.74, 6) is -0.245. The molecular formula is C22H22N2O4. The fraction of sp³-hybridized carbons (Fsp3) is 0.182. The van der Waals surface area contributed by atoms with Gasteiger partial charge in [-0.3, -0.25) is 4.79 Å². The molecule has 0 radical (unpaired) electrons. The molecule has 0 aliphatic heterocycles. The number of hydrogen-bond acceptors (Lipinski definition) is 4. The molecule has 0 unspecified atom stereocenters. The summed E-state index contributed by atoms with van der Waals surface area (Å²) in [6.45, 7) is 2.01. The Bertz CT molecular complexity index is 933. The number of nitrogens with one attached hydrogen (secondary N) is 1. The molecule has 0 fully saturated rings. The minimum atomic E-state index is -0.920. The van der Waals surface area contributed by atoms with E-state index >= 15 is 0 Å². The zero-order valence-corrected chi connectivity index (χ0v) is 15.8. The van der Waals surface area contributed by atoms with Crippen LogP contribution in [0.3, 0.4) is 0 Å². The maximum absolute atomic E-state index is 12.3. The highest BCUT2D eigenvalue weighted by atomic mass is 16.5. The van der Waals surface area contributed by atoms with Gasteiger partial charge in [0.1, 0.15) is 18.1 Å². The summed E-state index contributed by atoms with van der Waals surface area (Å²) in [5, 5.41) is 2.73. The molecule has 3 rings (SSSR count). The van der Waals surface area contributed by atoms with Crippen LogP contribution in [0.5, 0.6) is 5.75 Å². The van der Waals surface area contributed by atoms with E-state index in [9.17, 15) is 9.59 Å². The quantitative estimate of drug-likeness (QED) is 0.635. The molecule has 6 nitrogen and oxygen atoms in total. The molecule has 2 aromatic carbocycles. The third-order valence-electron chi connectivity index (χ3n) is 4.18. The Hall–Kier alpha value is -3.54. The maximum Gasteiger partial charge on any atom is 0.355 e. The van der Waals surface area contributed by atoms with E-state index < -0.39 is 18.0 Å². The molecule has 0 spiro atoms. The lowest BCUT2D eigenvalue weighted by atomic mass is 10.2. The number of aryl methyl sites for hydroxylation is 1. The van der Waals surface area contributed by atoms with Crippen LogP contribution in [-0.4, -0.2) is 22.5 Å². The van der Waals surface area contributed by atoms with Crippen molar-refractivity contribution in [3.05, 3.63) is 84.2 Å². The van der Waals surface area contributed by atoms with Crippen LogP contribution in [0, 0.1) is 0 Å². The Balaban J connectivity index is 1.51. The van der Waals surface area contributed by atoms with E-state index in [0.29, 0.717) is 23.7 Å². The molecule has 0 saturated carbocycles. The number of esters is 1. The van der Waals surface area contributed by atoms with Gasteiger partial charge in [0.2, 0.25) is 0 Å². The summed E-state index contributed by atoms with van der Waals surface area (Å²) in [6.07, 6.45) is 0.819. The van der Waals surface area contributed by atoms with Gasteiger partial charge in [-0.05, 0) is 48.9 Å². The third-order valence-corrected chi connectivity index (χ3v) is 4.18. The molecule has 0 bridgehead atoms. The van der Waals surface area contributed by atoms with Gasteiger partial charge < -0.3 is 19.4 Å². The van der Waals surface area contributed by atoms with Crippen LogP contribution in [-0.2, 0) is 23.2 Å². The SMILES string of the molecule is C[C@@H](OC(=O)c1cccn1C)C(=O)Nc1ccc(OCc2ccccc2)cc1. The van der Waals surface area contributed by atoms with Crippen LogP contribution in [0.25, 0.3) is 0 Å². The molecule has 1 N–H and O–H groups in total. The lowest BCUT2D eigenvalue weighted by Gasteiger charge is -2.14. The Morgan fingerprint density at radius 3 is 2.36 bits per heavy atom. The fourth-order valence-electron chi connectivity index (χ4n) is 2.57. The molecule has 1 amide bonds. The van der Waals surface area contributed by atoms with Crippen LogP contribution >= 0.6 is 0 Å². The Morgan fingerprint density at radius 1 is 1.00 bits per heavy atom. The van der Waals surface area contributed by atoms with Gasteiger partial charge in [-0.25, -0.2) is 4.79 Å². The predicted octanol–water partition coefficient (Wildman–Crippen LogP) is 3.79. The summed E-state index contributed by atoms with van der Waals surface area (Å²) >= 11 is 0. The monoisotopic (exact) mass is 378 g/mol. The number of ether oxygens (including phenoxy) is 2. The van der Waals surface area contributed by atoms with Crippen molar-refractivity contribution in [3.8, 4) is 5.75 Å². The van der Waals surface area contributed by atoms with E-state index in [2.05, 4.69) is 5.32 Å². The van der Waals surface area contributed by atoms with Crippen molar-refractivity contribution in [1.82, 2.24) is 4.57 Å². The molecule has 1 atom stereocenters. The van der Waals surface area contributed by atoms with Gasteiger partial charge in [0, 0.05) is 18.9 Å². The standard InChI is InChI=1S/C22H22N2O4/c1-16(28-22(26)20-9-6-14-24(20)2)21(25)23-18-10-12-19(13-11-18)27-15-17-7-4-3-5-8-17/h3-14,16H,15H2,1-2H3,(H,23,25)/t16-/m1/s1. The van der Waals surface area contributed by atoms with Gasteiger partial charge >= 0.3 is 5.97 Å². The van der Waals surface area contributed by atoms with Gasteiger partial charge in [-0.2, -0.15) is 0 Å². The number of benzene rings is 2. The van der Waals surface area contributed by atoms with Crippen molar-refractivity contribution in [2.45, 2.75) is 19.6 Å². The van der Waals surface area contributed by atoms with Crippen molar-refractivity contribution < 1.29 is 19.1 Å². The predicted molar refractivity (Wildman–Crippen MR) is 106 cm³/mol. The Labute approximate surface area is 163 Å². The first-order valence-corrected chi connectivity index (χ1v) is 8.93. The van der Waals surface area contributed by atoms with Crippen molar-refractivity contribution in [2.75, 3.05) is 5.32 Å². The number of amides is 1. The number of hydrogen-bond donors (Lipinski definition) is 1. The Kier molecular flexibility index (Phi) is 6.11. The van der Waals surface area contributed by atoms with E-state index in [4.69, 9.17) is 9.47 Å². The molecule has 3 aromatic rings. The summed E-state index contributed by atoms with van der Waals surface area (Å²) < 4.78 is 12.6. The van der Waals surface area contributed by atoms with Gasteiger partial charge in [0.05, 0.1) is 0 Å². The zero-order valence-electron chi connectivity index (χ0n) is 15.8. The average molecular weight is 378 g/mol. The summed E-state index contributed by atoms with van der Waals surface area (Å²) in [5.41, 5.74) is 2.06. The molecular weight excluding hydrogens is 356 g/mol. The highest BCUT2D eigenvalue weighted by Gasteiger charge is 2.20. The van der Waals surface area contributed by atoms with Crippen LogP contribution in [0.15, 0.2) is 72.9 Å². The van der Waals surface area contributed by atoms with E-state index in [0.717, 1.165) is 5.56 Å². The third kappa shape index (κ3) is 5.01. The van der Waals surface area contributed by atoms with Gasteiger partial charge in [-0.15, -0.1) is 0 Å². The summed E-state index contributed by atoms with van der Waals surface area (Å²) in [6, 6.07) is 20.3. The largest absolute Gasteiger partial charge is 0.489 e. The average Bonchev–Trinajstić information content (AvgIpc) is 3.14. The van der Waals surface area contributed by atoms with Crippen LogP contribution < -0.4 is 10.1 Å². The summed E-state index contributed by atoms with van der Waals surface area (Å²) in [4.78, 5) is 24.4. The van der Waals surface area contributed by atoms with Crippen LogP contribution in [0.2, 0.25) is 0 Å². The normalized spacial score (nSPS) is 11.5. The van der Waals surface area contributed by atoms with Crippen LogP contribution in [0.1, 0.15) is 23.0 Å². The van der Waals surface area contributed by atoms with Crippen molar-refractivity contribution >= 4 is 17.6 Å². The lowest BCUT2D eigenvalue weighted by Crippen LogP contribution is -2.30. The number of aromatic nitrogens is 1. The fourth-order valence-corrected chi connectivity index (χ4v) is 2.57. The first-order chi connectivity index (χ1) is 13.5. The van der Waals surface area contributed by atoms with Crippen molar-refractivity contribution in [1.29, 1.82) is 0 Å². The van der Waals surface area contributed by atoms with E-state index in [1.54, 1.807) is 54.2 Å². The zero-order chi connectivity index (χ0) is 19.9. The maximum atomic E-state index is 12.3. The molecule has 28 heavy (non-hydrogen) atoms. The second kappa shape index (κ2) is 8.90. The second-order valence-electron chi connectivity index (χ2n) is 6.34. The van der Waals surface area contributed by atoms with Crippen molar-refractivity contribution in [3.63, 3.8) is 0 Å². The number of anilines is 1. The van der Waals surface area contributed by atoms with Gasteiger partial charge in [0.25, 0.3) is 5.91 Å². The van der Waals surface area contributed by atoms with Crippen LogP contribution in [0.4, 0.5) is 5.69 Å². The first-order valence-electron chi connectivity index (χ1n) is 8.93. The number of carbonyl (C=O) groups excluding carboxylic acids is 2. The molecule has 1 heterocycles. The molecule has 1 aromatic heterocycles. The highest BCUT2D eigenvalue weighted by molar-refractivity contribution is 5.96. The molecule has 0 aliphatic rings. The minimum absolute atomic E-state index is 0.388. The molecule has 0 saturated heterocycles.